The molecule has 0 unspecified atom stereocenters. The molecule has 0 saturated heterocycles. The summed E-state index contributed by atoms with van der Waals surface area (Å²) >= 11 is 0. The van der Waals surface area contributed by atoms with Crippen molar-refractivity contribution in [2.24, 2.45) is 0 Å². The predicted molar refractivity (Wildman–Crippen MR) is 46.4 cm³/mol. The third kappa shape index (κ3) is 1.99. The van der Waals surface area contributed by atoms with Gasteiger partial charge in [-0.1, -0.05) is 12.7 Å². The van der Waals surface area contributed by atoms with Gasteiger partial charge in [-0.3, -0.25) is 4.79 Å². The van der Waals surface area contributed by atoms with Crippen LogP contribution >= 0.6 is 0 Å². The highest BCUT2D eigenvalue weighted by Crippen LogP contribution is 2.13. The standard InChI is InChI=1S/C9H11NO2/c1-7-3-4-8(2)10(5-7)6-9(11)12/h3-5H,2,6H2,1H3,(H,11,12). The molecule has 0 aromatic carbocycles. The van der Waals surface area contributed by atoms with Gasteiger partial charge in [0.2, 0.25) is 0 Å². The second-order valence-electron chi connectivity index (χ2n) is 2.72. The topological polar surface area (TPSA) is 40.5 Å². The molecule has 64 valence electrons. The summed E-state index contributed by atoms with van der Waals surface area (Å²) < 4.78 is 0. The van der Waals surface area contributed by atoms with Crippen LogP contribution in [0.5, 0.6) is 0 Å². The van der Waals surface area contributed by atoms with E-state index in [4.69, 9.17) is 5.11 Å². The summed E-state index contributed by atoms with van der Waals surface area (Å²) in [6.45, 7) is 5.60. The van der Waals surface area contributed by atoms with Gasteiger partial charge in [0.05, 0.1) is 0 Å². The van der Waals surface area contributed by atoms with Gasteiger partial charge in [-0.25, -0.2) is 0 Å². The maximum atomic E-state index is 10.4. The zero-order valence-corrected chi connectivity index (χ0v) is 6.95. The van der Waals surface area contributed by atoms with Crippen LogP contribution in [0.3, 0.4) is 0 Å². The normalized spacial score (nSPS) is 16.2. The van der Waals surface area contributed by atoms with Crippen LogP contribution in [0.1, 0.15) is 6.92 Å². The molecule has 0 aromatic heterocycles. The number of rotatable bonds is 2. The van der Waals surface area contributed by atoms with Crippen LogP contribution in [0.2, 0.25) is 0 Å². The first kappa shape index (κ1) is 8.59. The van der Waals surface area contributed by atoms with Crippen molar-refractivity contribution in [2.75, 3.05) is 6.54 Å². The van der Waals surface area contributed by atoms with Gasteiger partial charge in [0, 0.05) is 11.9 Å². The average Bonchev–Trinajstić information content (AvgIpc) is 1.96. The van der Waals surface area contributed by atoms with E-state index in [0.29, 0.717) is 5.70 Å². The first-order valence-corrected chi connectivity index (χ1v) is 3.63. The Morgan fingerprint density at radius 1 is 1.67 bits per heavy atom. The lowest BCUT2D eigenvalue weighted by Crippen LogP contribution is -2.24. The fraction of sp³-hybridized carbons (Fsp3) is 0.222. The molecule has 12 heavy (non-hydrogen) atoms. The largest absolute Gasteiger partial charge is 0.480 e. The van der Waals surface area contributed by atoms with E-state index in [-0.39, 0.29) is 6.54 Å². The smallest absolute Gasteiger partial charge is 0.323 e. The Morgan fingerprint density at radius 2 is 2.33 bits per heavy atom. The van der Waals surface area contributed by atoms with E-state index in [1.165, 1.54) is 0 Å². The van der Waals surface area contributed by atoms with Gasteiger partial charge in [-0.15, -0.1) is 0 Å². The Morgan fingerprint density at radius 3 is 2.92 bits per heavy atom. The number of nitrogens with zero attached hydrogens (tertiary/aromatic N) is 1. The van der Waals surface area contributed by atoms with Crippen molar-refractivity contribution in [1.82, 2.24) is 4.90 Å². The Balaban J connectivity index is 2.71. The van der Waals surface area contributed by atoms with Crippen LogP contribution in [-0.2, 0) is 4.79 Å². The lowest BCUT2D eigenvalue weighted by atomic mass is 10.2. The maximum absolute atomic E-state index is 10.4. The van der Waals surface area contributed by atoms with Crippen LogP contribution < -0.4 is 0 Å². The van der Waals surface area contributed by atoms with E-state index in [1.807, 2.05) is 13.0 Å². The van der Waals surface area contributed by atoms with E-state index in [2.05, 4.69) is 6.58 Å². The fourth-order valence-corrected chi connectivity index (χ4v) is 0.988. The number of hydrogen-bond donors (Lipinski definition) is 1. The van der Waals surface area contributed by atoms with Gasteiger partial charge >= 0.3 is 5.97 Å². The van der Waals surface area contributed by atoms with E-state index >= 15 is 0 Å². The molecule has 1 rings (SSSR count). The van der Waals surface area contributed by atoms with Gasteiger partial charge in [-0.2, -0.15) is 0 Å². The minimum Gasteiger partial charge on any atom is -0.480 e. The van der Waals surface area contributed by atoms with Crippen LogP contribution in [0.4, 0.5) is 0 Å². The number of hydrogen-bond acceptors (Lipinski definition) is 2. The quantitative estimate of drug-likeness (QED) is 0.671. The van der Waals surface area contributed by atoms with Crippen molar-refractivity contribution in [2.45, 2.75) is 6.92 Å². The average molecular weight is 165 g/mol. The highest BCUT2D eigenvalue weighted by atomic mass is 16.4. The van der Waals surface area contributed by atoms with Crippen LogP contribution in [0, 0.1) is 0 Å². The van der Waals surface area contributed by atoms with Crippen LogP contribution in [0.15, 0.2) is 36.2 Å². The zero-order chi connectivity index (χ0) is 9.14. The van der Waals surface area contributed by atoms with Gasteiger partial charge in [0.1, 0.15) is 6.54 Å². The van der Waals surface area contributed by atoms with Crippen molar-refractivity contribution >= 4 is 5.97 Å². The molecule has 0 amide bonds. The van der Waals surface area contributed by atoms with Gasteiger partial charge in [-0.05, 0) is 18.6 Å². The van der Waals surface area contributed by atoms with Gasteiger partial charge < -0.3 is 10.0 Å². The summed E-state index contributed by atoms with van der Waals surface area (Å²) in [6.07, 6.45) is 5.48. The highest BCUT2D eigenvalue weighted by molar-refractivity contribution is 5.70. The highest BCUT2D eigenvalue weighted by Gasteiger charge is 2.09. The lowest BCUT2D eigenvalue weighted by Gasteiger charge is -2.21. The number of carbonyl (C=O) groups is 1. The molecule has 1 N–H and O–H groups in total. The van der Waals surface area contributed by atoms with Gasteiger partial charge in [0.15, 0.2) is 0 Å². The summed E-state index contributed by atoms with van der Waals surface area (Å²) in [5.74, 6) is -0.851. The van der Waals surface area contributed by atoms with Crippen molar-refractivity contribution < 1.29 is 9.90 Å². The summed E-state index contributed by atoms with van der Waals surface area (Å²) in [7, 11) is 0. The fourth-order valence-electron chi connectivity index (χ4n) is 0.988. The first-order valence-electron chi connectivity index (χ1n) is 3.63. The second kappa shape index (κ2) is 3.26. The molecule has 0 aromatic rings. The molecular weight excluding hydrogens is 154 g/mol. The number of aliphatic carboxylic acids is 1. The monoisotopic (exact) mass is 165 g/mol. The van der Waals surface area contributed by atoms with Crippen molar-refractivity contribution in [3.63, 3.8) is 0 Å². The third-order valence-corrected chi connectivity index (χ3v) is 1.57. The van der Waals surface area contributed by atoms with Crippen LogP contribution in [-0.4, -0.2) is 22.5 Å². The summed E-state index contributed by atoms with van der Waals surface area (Å²) in [6, 6.07) is 0. The molecule has 0 bridgehead atoms. The summed E-state index contributed by atoms with van der Waals surface area (Å²) in [5, 5.41) is 8.53. The van der Waals surface area contributed by atoms with Crippen molar-refractivity contribution in [3.8, 4) is 0 Å². The molecule has 3 nitrogen and oxygen atoms in total. The first-order chi connectivity index (χ1) is 5.59. The lowest BCUT2D eigenvalue weighted by molar-refractivity contribution is -0.137. The van der Waals surface area contributed by atoms with E-state index in [0.717, 1.165) is 5.57 Å². The van der Waals surface area contributed by atoms with Gasteiger partial charge in [0.25, 0.3) is 0 Å². The minimum atomic E-state index is -0.851. The molecule has 0 fully saturated rings. The molecule has 0 saturated carbocycles. The zero-order valence-electron chi connectivity index (χ0n) is 6.95. The van der Waals surface area contributed by atoms with Crippen molar-refractivity contribution in [3.05, 3.63) is 36.2 Å². The molecular formula is C9H11NO2. The SMILES string of the molecule is C=C1C=CC(C)=CN1CC(=O)O. The maximum Gasteiger partial charge on any atom is 0.323 e. The number of allylic oxidation sites excluding steroid dienone is 3. The Kier molecular flexibility index (Phi) is 2.33. The molecule has 3 heteroatoms. The second-order valence-corrected chi connectivity index (χ2v) is 2.72. The number of carboxylic acids is 1. The summed E-state index contributed by atoms with van der Waals surface area (Å²) in [5.41, 5.74) is 1.74. The molecule has 1 heterocycles. The Bertz CT molecular complexity index is 276. The molecule has 0 aliphatic carbocycles. The molecule has 1 aliphatic rings. The Labute approximate surface area is 71.3 Å². The molecule has 0 radical (unpaired) electrons. The van der Waals surface area contributed by atoms with E-state index < -0.39 is 5.97 Å². The number of carboxylic acid groups (broad SMARTS) is 1. The van der Waals surface area contributed by atoms with E-state index in [1.54, 1.807) is 17.2 Å². The summed E-state index contributed by atoms with van der Waals surface area (Å²) in [4.78, 5) is 12.0. The molecule has 0 atom stereocenters. The third-order valence-electron chi connectivity index (χ3n) is 1.57. The Hall–Kier alpha value is -1.51. The minimum absolute atomic E-state index is 0.0273. The predicted octanol–water partition coefficient (Wildman–Crippen LogP) is 1.36. The van der Waals surface area contributed by atoms with Crippen LogP contribution in [0.25, 0.3) is 0 Å². The molecule has 0 spiro atoms. The van der Waals surface area contributed by atoms with Crippen molar-refractivity contribution in [1.29, 1.82) is 0 Å². The van der Waals surface area contributed by atoms with E-state index in [9.17, 15) is 4.79 Å². The molecule has 1 aliphatic heterocycles.